The van der Waals surface area contributed by atoms with Gasteiger partial charge < -0.3 is 19.6 Å². The molecule has 0 bridgehead atoms. The normalized spacial score (nSPS) is 20.9. The first-order valence-electron chi connectivity index (χ1n) is 11.9. The molecule has 0 saturated carbocycles. The number of fused-ring (bicyclic) bond motifs is 1. The monoisotopic (exact) mass is 485 g/mol. The second-order valence-corrected chi connectivity index (χ2v) is 11.1. The predicted molar refractivity (Wildman–Crippen MR) is 133 cm³/mol. The number of hydrogen-bond donors (Lipinski definition) is 1. The zero-order chi connectivity index (χ0) is 24.2. The van der Waals surface area contributed by atoms with Gasteiger partial charge in [-0.25, -0.2) is 8.51 Å². The maximum atomic E-state index is 13.9. The van der Waals surface area contributed by atoms with Gasteiger partial charge in [0.1, 0.15) is 16.7 Å². The number of hydrogen-bond acceptors (Lipinski definition) is 5. The fourth-order valence-corrected chi connectivity index (χ4v) is 5.65. The van der Waals surface area contributed by atoms with Crippen LogP contribution in [0.25, 0.3) is 0 Å². The molecule has 34 heavy (non-hydrogen) atoms. The van der Waals surface area contributed by atoms with E-state index in [9.17, 15) is 14.1 Å². The van der Waals surface area contributed by atoms with Gasteiger partial charge in [-0.1, -0.05) is 30.3 Å². The Balaban J connectivity index is 1.60. The average Bonchev–Trinajstić information content (AvgIpc) is 2.86. The van der Waals surface area contributed by atoms with Crippen molar-refractivity contribution in [2.75, 3.05) is 47.4 Å². The first kappa shape index (κ1) is 24.9. The molecular formula is C26H35N3O4S. The van der Waals surface area contributed by atoms with Crippen molar-refractivity contribution in [1.82, 2.24) is 14.1 Å². The highest BCUT2D eigenvalue weighted by Gasteiger charge is 2.34. The SMILES string of the molecule is CN(C(=O)C1CCOc2ccc(S(=O)N(C)C)cc21)C(CN1CCC(O)CC1)c1ccccc1. The summed E-state index contributed by atoms with van der Waals surface area (Å²) < 4.78 is 20.1. The molecule has 7 nitrogen and oxygen atoms in total. The quantitative estimate of drug-likeness (QED) is 0.653. The second kappa shape index (κ2) is 11.0. The van der Waals surface area contributed by atoms with E-state index in [1.54, 1.807) is 18.4 Å². The van der Waals surface area contributed by atoms with Crippen LogP contribution in [0.2, 0.25) is 0 Å². The number of rotatable bonds is 7. The molecule has 4 rings (SSSR count). The Morgan fingerprint density at radius 2 is 1.82 bits per heavy atom. The summed E-state index contributed by atoms with van der Waals surface area (Å²) in [6, 6.07) is 15.6. The Hall–Kier alpha value is -2.26. The minimum atomic E-state index is -1.29. The molecule has 1 N–H and O–H groups in total. The van der Waals surface area contributed by atoms with E-state index >= 15 is 0 Å². The lowest BCUT2D eigenvalue weighted by molar-refractivity contribution is -0.135. The maximum absolute atomic E-state index is 13.9. The van der Waals surface area contributed by atoms with Crippen molar-refractivity contribution in [3.8, 4) is 5.75 Å². The van der Waals surface area contributed by atoms with E-state index in [1.165, 1.54) is 0 Å². The molecule has 2 aromatic rings. The van der Waals surface area contributed by atoms with E-state index in [1.807, 2.05) is 48.3 Å². The van der Waals surface area contributed by atoms with Crippen LogP contribution in [0.15, 0.2) is 53.4 Å². The first-order chi connectivity index (χ1) is 16.3. The number of likely N-dealkylation sites (N-methyl/N-ethyl adjacent to an activating group) is 1. The van der Waals surface area contributed by atoms with Crippen LogP contribution in [0.4, 0.5) is 0 Å². The van der Waals surface area contributed by atoms with E-state index < -0.39 is 11.0 Å². The summed E-state index contributed by atoms with van der Waals surface area (Å²) in [5, 5.41) is 9.91. The Bertz CT molecular complexity index is 1010. The van der Waals surface area contributed by atoms with Gasteiger partial charge in [0.2, 0.25) is 5.91 Å². The highest BCUT2D eigenvalue weighted by atomic mass is 32.2. The van der Waals surface area contributed by atoms with Crippen molar-refractivity contribution in [2.45, 2.75) is 42.2 Å². The predicted octanol–water partition coefficient (Wildman–Crippen LogP) is 2.79. The molecule has 2 aromatic carbocycles. The van der Waals surface area contributed by atoms with Gasteiger partial charge in [-0.2, -0.15) is 0 Å². The van der Waals surface area contributed by atoms with Crippen molar-refractivity contribution in [3.63, 3.8) is 0 Å². The van der Waals surface area contributed by atoms with Crippen LogP contribution in [0.1, 0.15) is 42.3 Å². The molecule has 2 heterocycles. The van der Waals surface area contributed by atoms with Crippen molar-refractivity contribution in [3.05, 3.63) is 59.7 Å². The summed E-state index contributed by atoms with van der Waals surface area (Å²) >= 11 is 0. The number of amides is 1. The summed E-state index contributed by atoms with van der Waals surface area (Å²) in [6.07, 6.45) is 1.88. The summed E-state index contributed by atoms with van der Waals surface area (Å²) in [5.41, 5.74) is 1.91. The smallest absolute Gasteiger partial charge is 0.230 e. The Labute approximate surface area is 204 Å². The van der Waals surface area contributed by atoms with Crippen LogP contribution in [-0.4, -0.2) is 82.8 Å². The van der Waals surface area contributed by atoms with E-state index in [2.05, 4.69) is 17.0 Å². The zero-order valence-electron chi connectivity index (χ0n) is 20.2. The largest absolute Gasteiger partial charge is 0.493 e. The summed E-state index contributed by atoms with van der Waals surface area (Å²) in [6.45, 7) is 2.85. The molecule has 2 aliphatic heterocycles. The number of ether oxygens (including phenoxy) is 1. The van der Waals surface area contributed by atoms with Crippen LogP contribution in [-0.2, 0) is 15.8 Å². The number of benzene rings is 2. The van der Waals surface area contributed by atoms with Crippen LogP contribution in [0.3, 0.4) is 0 Å². The molecule has 1 amide bonds. The topological polar surface area (TPSA) is 73.3 Å². The Morgan fingerprint density at radius 1 is 1.12 bits per heavy atom. The van der Waals surface area contributed by atoms with Crippen molar-refractivity contribution >= 4 is 16.9 Å². The van der Waals surface area contributed by atoms with Gasteiger partial charge in [0, 0.05) is 32.2 Å². The lowest BCUT2D eigenvalue weighted by atomic mass is 9.90. The van der Waals surface area contributed by atoms with Gasteiger partial charge in [0.25, 0.3) is 0 Å². The first-order valence-corrected chi connectivity index (χ1v) is 13.0. The van der Waals surface area contributed by atoms with Crippen LogP contribution >= 0.6 is 0 Å². The molecule has 8 heteroatoms. The zero-order valence-corrected chi connectivity index (χ0v) is 21.0. The molecular weight excluding hydrogens is 450 g/mol. The van der Waals surface area contributed by atoms with Gasteiger partial charge >= 0.3 is 0 Å². The van der Waals surface area contributed by atoms with E-state index in [0.717, 1.165) is 43.6 Å². The van der Waals surface area contributed by atoms with Gasteiger partial charge in [-0.05, 0) is 57.1 Å². The van der Waals surface area contributed by atoms with Crippen molar-refractivity contribution < 1.29 is 18.8 Å². The number of likely N-dealkylation sites (tertiary alicyclic amines) is 1. The third-order valence-electron chi connectivity index (χ3n) is 6.84. The lowest BCUT2D eigenvalue weighted by Gasteiger charge is -2.38. The number of aliphatic hydroxyl groups is 1. The van der Waals surface area contributed by atoms with Crippen molar-refractivity contribution in [1.29, 1.82) is 0 Å². The molecule has 3 atom stereocenters. The summed E-state index contributed by atoms with van der Waals surface area (Å²) in [5.74, 6) is 0.393. The summed E-state index contributed by atoms with van der Waals surface area (Å²) in [4.78, 5) is 18.8. The number of carbonyl (C=O) groups is 1. The molecule has 1 fully saturated rings. The third kappa shape index (κ3) is 5.51. The average molecular weight is 486 g/mol. The van der Waals surface area contributed by atoms with Gasteiger partial charge in [-0.3, -0.25) is 4.79 Å². The lowest BCUT2D eigenvalue weighted by Crippen LogP contribution is -2.44. The highest BCUT2D eigenvalue weighted by molar-refractivity contribution is 7.82. The van der Waals surface area contributed by atoms with Gasteiger partial charge in [0.15, 0.2) is 0 Å². The molecule has 3 unspecified atom stereocenters. The summed E-state index contributed by atoms with van der Waals surface area (Å²) in [7, 11) is 4.13. The maximum Gasteiger partial charge on any atom is 0.230 e. The van der Waals surface area contributed by atoms with E-state index in [4.69, 9.17) is 4.74 Å². The van der Waals surface area contributed by atoms with Crippen LogP contribution in [0, 0.1) is 0 Å². The second-order valence-electron chi connectivity index (χ2n) is 9.36. The molecule has 0 aromatic heterocycles. The fraction of sp³-hybridized carbons (Fsp3) is 0.500. The van der Waals surface area contributed by atoms with E-state index in [0.29, 0.717) is 23.7 Å². The number of aliphatic hydroxyl groups excluding tert-OH is 1. The fourth-order valence-electron chi connectivity index (χ4n) is 4.82. The third-order valence-corrected chi connectivity index (χ3v) is 8.16. The van der Waals surface area contributed by atoms with Gasteiger partial charge in [0.05, 0.1) is 29.6 Å². The Kier molecular flexibility index (Phi) is 8.03. The molecule has 0 aliphatic carbocycles. The molecule has 0 spiro atoms. The Morgan fingerprint density at radius 3 is 2.50 bits per heavy atom. The number of nitrogens with zero attached hydrogens (tertiary/aromatic N) is 3. The van der Waals surface area contributed by atoms with E-state index in [-0.39, 0.29) is 24.0 Å². The molecule has 184 valence electrons. The van der Waals surface area contributed by atoms with Crippen molar-refractivity contribution in [2.24, 2.45) is 0 Å². The minimum absolute atomic E-state index is 0.0447. The molecule has 0 radical (unpaired) electrons. The molecule has 2 aliphatic rings. The number of carbonyl (C=O) groups excluding carboxylic acids is 1. The molecule has 1 saturated heterocycles. The van der Waals surface area contributed by atoms with Crippen LogP contribution in [0.5, 0.6) is 5.75 Å². The number of piperidine rings is 1. The highest BCUT2D eigenvalue weighted by Crippen LogP contribution is 2.37. The van der Waals surface area contributed by atoms with Crippen LogP contribution < -0.4 is 4.74 Å². The standard InChI is InChI=1S/C26H35N3O4S/c1-27(2)34(32)21-9-10-25-23(17-21)22(13-16-33-25)26(31)28(3)24(19-7-5-4-6-8-19)18-29-14-11-20(30)12-15-29/h4-10,17,20,22,24,30H,11-16,18H2,1-3H3. The minimum Gasteiger partial charge on any atom is -0.493 e. The van der Waals surface area contributed by atoms with Gasteiger partial charge in [-0.15, -0.1) is 0 Å².